The Morgan fingerprint density at radius 2 is 2.14 bits per heavy atom. The number of methoxy groups -OCH3 is 1. The monoisotopic (exact) mass is 320 g/mol. The third kappa shape index (κ3) is 4.01. The summed E-state index contributed by atoms with van der Waals surface area (Å²) in [4.78, 5) is 32.6. The summed E-state index contributed by atoms with van der Waals surface area (Å²) in [5.41, 5.74) is 1.91. The molecule has 0 bridgehead atoms. The number of thiazole rings is 1. The van der Waals surface area contributed by atoms with Crippen LogP contribution in [0.5, 0.6) is 0 Å². The molecule has 0 aliphatic heterocycles. The van der Waals surface area contributed by atoms with E-state index >= 15 is 0 Å². The predicted molar refractivity (Wildman–Crippen MR) is 83.0 cm³/mol. The van der Waals surface area contributed by atoms with Crippen molar-refractivity contribution in [1.82, 2.24) is 15.3 Å². The summed E-state index contributed by atoms with van der Waals surface area (Å²) in [5, 5.41) is 5.82. The van der Waals surface area contributed by atoms with Crippen LogP contribution in [0.4, 0.5) is 9.93 Å². The zero-order valence-electron chi connectivity index (χ0n) is 12.5. The summed E-state index contributed by atoms with van der Waals surface area (Å²) in [7, 11) is 1.28. The minimum absolute atomic E-state index is 0.184. The molecule has 0 aromatic carbocycles. The van der Waals surface area contributed by atoms with Gasteiger partial charge in [-0.15, -0.1) is 11.3 Å². The number of pyridine rings is 1. The molecule has 2 N–H and O–H groups in total. The number of alkyl carbamates (subject to hydrolysis) is 1. The number of anilines is 1. The first-order valence-corrected chi connectivity index (χ1v) is 7.33. The summed E-state index contributed by atoms with van der Waals surface area (Å²) < 4.78 is 4.48. The number of hydrogen-bond donors (Lipinski definition) is 2. The van der Waals surface area contributed by atoms with Crippen LogP contribution in [0.25, 0.3) is 0 Å². The highest BCUT2D eigenvalue weighted by molar-refractivity contribution is 7.15. The molecule has 0 aliphatic rings. The number of aromatic nitrogens is 2. The van der Waals surface area contributed by atoms with Gasteiger partial charge in [0.25, 0.3) is 5.91 Å². The topological polar surface area (TPSA) is 93.2 Å². The zero-order valence-corrected chi connectivity index (χ0v) is 13.3. The van der Waals surface area contributed by atoms with Crippen molar-refractivity contribution in [3.63, 3.8) is 0 Å². The molecule has 0 spiro atoms. The number of hydrogen-bond acceptors (Lipinski definition) is 6. The van der Waals surface area contributed by atoms with Crippen LogP contribution in [0.3, 0.4) is 0 Å². The minimum atomic E-state index is -0.551. The molecule has 2 aromatic heterocycles. The molecule has 2 heterocycles. The second kappa shape index (κ2) is 6.99. The molecular formula is C14H16N4O3S. The number of rotatable bonds is 4. The molecule has 2 amide bonds. The number of carbonyl (C=O) groups excluding carboxylic acids is 2. The molecule has 0 aliphatic carbocycles. The van der Waals surface area contributed by atoms with Gasteiger partial charge in [-0.1, -0.05) is 0 Å². The number of aryl methyl sites for hydroxylation is 2. The Kier molecular flexibility index (Phi) is 5.05. The van der Waals surface area contributed by atoms with E-state index in [0.717, 1.165) is 10.6 Å². The molecule has 0 unspecified atom stereocenters. The third-order valence-electron chi connectivity index (χ3n) is 2.93. The van der Waals surface area contributed by atoms with E-state index in [0.29, 0.717) is 16.4 Å². The van der Waals surface area contributed by atoms with Crippen LogP contribution < -0.4 is 10.6 Å². The molecule has 0 radical (unpaired) electrons. The molecule has 2 aromatic rings. The number of amides is 2. The fourth-order valence-electron chi connectivity index (χ4n) is 1.65. The van der Waals surface area contributed by atoms with Gasteiger partial charge in [0, 0.05) is 16.6 Å². The van der Waals surface area contributed by atoms with E-state index in [9.17, 15) is 9.59 Å². The van der Waals surface area contributed by atoms with E-state index < -0.39 is 6.09 Å². The quantitative estimate of drug-likeness (QED) is 0.901. The fourth-order valence-corrected chi connectivity index (χ4v) is 2.46. The molecule has 0 saturated carbocycles. The average Bonchev–Trinajstić information content (AvgIpc) is 2.83. The largest absolute Gasteiger partial charge is 0.453 e. The lowest BCUT2D eigenvalue weighted by Crippen LogP contribution is -2.23. The average molecular weight is 320 g/mol. The van der Waals surface area contributed by atoms with Crippen LogP contribution >= 0.6 is 11.3 Å². The Hall–Kier alpha value is -2.48. The number of nitrogens with zero attached hydrogens (tertiary/aromatic N) is 2. The van der Waals surface area contributed by atoms with Gasteiger partial charge in [-0.2, -0.15) is 0 Å². The maximum Gasteiger partial charge on any atom is 0.407 e. The van der Waals surface area contributed by atoms with Crippen molar-refractivity contribution in [2.75, 3.05) is 12.4 Å². The van der Waals surface area contributed by atoms with E-state index in [1.807, 2.05) is 13.8 Å². The first-order valence-electron chi connectivity index (χ1n) is 6.51. The highest BCUT2D eigenvalue weighted by Crippen LogP contribution is 2.21. The SMILES string of the molecule is COC(=O)NCc1cc(C(=O)Nc2nc(C)c(C)s2)ccn1. The standard InChI is InChI=1S/C14H16N4O3S/c1-8-9(2)22-13(17-8)18-12(19)10-4-5-15-11(6-10)7-16-14(20)21-3/h4-6H,7H2,1-3H3,(H,16,20)(H,17,18,19). The van der Waals surface area contributed by atoms with E-state index in [2.05, 4.69) is 25.3 Å². The second-order valence-electron chi connectivity index (χ2n) is 4.50. The van der Waals surface area contributed by atoms with Crippen LogP contribution in [0.2, 0.25) is 0 Å². The summed E-state index contributed by atoms with van der Waals surface area (Å²) in [6, 6.07) is 3.21. The lowest BCUT2D eigenvalue weighted by Gasteiger charge is -2.05. The maximum absolute atomic E-state index is 12.2. The molecule has 2 rings (SSSR count). The Balaban J connectivity index is 2.05. The van der Waals surface area contributed by atoms with Gasteiger partial charge in [0.05, 0.1) is 25.0 Å². The smallest absolute Gasteiger partial charge is 0.407 e. The maximum atomic E-state index is 12.2. The van der Waals surface area contributed by atoms with Crippen molar-refractivity contribution in [2.45, 2.75) is 20.4 Å². The second-order valence-corrected chi connectivity index (χ2v) is 5.70. The van der Waals surface area contributed by atoms with Gasteiger partial charge in [-0.3, -0.25) is 15.1 Å². The van der Waals surface area contributed by atoms with Crippen LogP contribution in [0, 0.1) is 13.8 Å². The molecule has 8 heteroatoms. The predicted octanol–water partition coefficient (Wildman–Crippen LogP) is 2.26. The summed E-state index contributed by atoms with van der Waals surface area (Å²) >= 11 is 1.43. The number of nitrogens with one attached hydrogen (secondary N) is 2. The van der Waals surface area contributed by atoms with Crippen molar-refractivity contribution in [3.8, 4) is 0 Å². The molecule has 7 nitrogen and oxygen atoms in total. The minimum Gasteiger partial charge on any atom is -0.453 e. The zero-order chi connectivity index (χ0) is 16.1. The van der Waals surface area contributed by atoms with E-state index in [4.69, 9.17) is 0 Å². The number of ether oxygens (including phenoxy) is 1. The Labute approximate surface area is 131 Å². The molecule has 0 fully saturated rings. The van der Waals surface area contributed by atoms with E-state index in [1.54, 1.807) is 12.1 Å². The molecule has 0 atom stereocenters. The lowest BCUT2D eigenvalue weighted by molar-refractivity contribution is 0.102. The van der Waals surface area contributed by atoms with Gasteiger partial charge in [-0.05, 0) is 26.0 Å². The Morgan fingerprint density at radius 1 is 1.36 bits per heavy atom. The third-order valence-corrected chi connectivity index (χ3v) is 3.92. The van der Waals surface area contributed by atoms with Crippen molar-refractivity contribution in [1.29, 1.82) is 0 Å². The normalized spacial score (nSPS) is 10.1. The van der Waals surface area contributed by atoms with Crippen LogP contribution in [0.1, 0.15) is 26.6 Å². The molecule has 0 saturated heterocycles. The highest BCUT2D eigenvalue weighted by Gasteiger charge is 2.11. The fraction of sp³-hybridized carbons (Fsp3) is 0.286. The van der Waals surface area contributed by atoms with Crippen molar-refractivity contribution >= 4 is 28.5 Å². The van der Waals surface area contributed by atoms with E-state index in [1.165, 1.54) is 24.6 Å². The van der Waals surface area contributed by atoms with Crippen LogP contribution in [-0.4, -0.2) is 29.1 Å². The van der Waals surface area contributed by atoms with Crippen molar-refractivity contribution < 1.29 is 14.3 Å². The van der Waals surface area contributed by atoms with Crippen molar-refractivity contribution in [3.05, 3.63) is 40.2 Å². The lowest BCUT2D eigenvalue weighted by atomic mass is 10.2. The first-order chi connectivity index (χ1) is 10.5. The summed E-state index contributed by atoms with van der Waals surface area (Å²) in [6.07, 6.45) is 0.965. The van der Waals surface area contributed by atoms with E-state index in [-0.39, 0.29) is 12.5 Å². The van der Waals surface area contributed by atoms with Gasteiger partial charge in [0.2, 0.25) is 0 Å². The van der Waals surface area contributed by atoms with Crippen LogP contribution in [-0.2, 0) is 11.3 Å². The highest BCUT2D eigenvalue weighted by atomic mass is 32.1. The Bertz CT molecular complexity index is 680. The summed E-state index contributed by atoms with van der Waals surface area (Å²) in [6.45, 7) is 4.03. The van der Waals surface area contributed by atoms with Gasteiger partial charge in [0.15, 0.2) is 5.13 Å². The van der Waals surface area contributed by atoms with Gasteiger partial charge in [-0.25, -0.2) is 9.78 Å². The van der Waals surface area contributed by atoms with Crippen molar-refractivity contribution in [2.24, 2.45) is 0 Å². The summed E-state index contributed by atoms with van der Waals surface area (Å²) in [5.74, 6) is -0.268. The first kappa shape index (κ1) is 15.9. The molecule has 22 heavy (non-hydrogen) atoms. The number of carbonyl (C=O) groups is 2. The molecule has 116 valence electrons. The molecular weight excluding hydrogens is 304 g/mol. The van der Waals surface area contributed by atoms with Gasteiger partial charge < -0.3 is 10.1 Å². The van der Waals surface area contributed by atoms with Crippen LogP contribution in [0.15, 0.2) is 18.3 Å². The van der Waals surface area contributed by atoms with Gasteiger partial charge >= 0.3 is 6.09 Å². The Morgan fingerprint density at radius 3 is 2.77 bits per heavy atom. The van der Waals surface area contributed by atoms with Gasteiger partial charge in [0.1, 0.15) is 0 Å².